The van der Waals surface area contributed by atoms with Crippen LogP contribution in [0.4, 0.5) is 10.5 Å². The van der Waals surface area contributed by atoms with Crippen LogP contribution >= 0.6 is 11.8 Å². The summed E-state index contributed by atoms with van der Waals surface area (Å²) in [5, 5.41) is 11.9. The molecule has 0 spiro atoms. The van der Waals surface area contributed by atoms with Gasteiger partial charge < -0.3 is 10.4 Å². The molecule has 6 heteroatoms. The molecule has 1 fully saturated rings. The zero-order chi connectivity index (χ0) is 15.1. The highest BCUT2D eigenvalue weighted by atomic mass is 32.2. The predicted molar refractivity (Wildman–Crippen MR) is 84.9 cm³/mol. The molecule has 0 aliphatic carbocycles. The van der Waals surface area contributed by atoms with Crippen LogP contribution in [0.5, 0.6) is 0 Å². The summed E-state index contributed by atoms with van der Waals surface area (Å²) in [6.07, 6.45) is 1.87. The Balaban J connectivity index is 2.02. The van der Waals surface area contributed by atoms with Gasteiger partial charge in [-0.3, -0.25) is 9.69 Å². The molecule has 1 aromatic carbocycles. The summed E-state index contributed by atoms with van der Waals surface area (Å²) in [4.78, 5) is 24.7. The lowest BCUT2D eigenvalue weighted by molar-refractivity contribution is -0.136. The zero-order valence-electron chi connectivity index (χ0n) is 11.8. The molecule has 1 aliphatic heterocycles. The van der Waals surface area contributed by atoms with E-state index in [1.165, 1.54) is 4.90 Å². The number of urea groups is 1. The number of carboxylic acid groups (broad SMARTS) is 1. The van der Waals surface area contributed by atoms with Crippen molar-refractivity contribution in [2.45, 2.75) is 25.3 Å². The molecule has 2 amide bonds. The second kappa shape index (κ2) is 7.93. The molecule has 0 radical (unpaired) electrons. The van der Waals surface area contributed by atoms with Crippen LogP contribution < -0.4 is 10.2 Å². The van der Waals surface area contributed by atoms with Crippen molar-refractivity contribution in [3.63, 3.8) is 0 Å². The average molecular weight is 308 g/mol. The first-order valence-corrected chi connectivity index (χ1v) is 8.25. The number of carboxylic acids is 1. The summed E-state index contributed by atoms with van der Waals surface area (Å²) in [5.74, 6) is 1.22. The Morgan fingerprint density at radius 1 is 1.24 bits per heavy atom. The minimum absolute atomic E-state index is 0.0666. The Morgan fingerprint density at radius 3 is 2.52 bits per heavy atom. The number of amides is 2. The Hall–Kier alpha value is -1.69. The summed E-state index contributed by atoms with van der Waals surface area (Å²) in [6.45, 7) is 0.173. The maximum Gasteiger partial charge on any atom is 0.322 e. The lowest BCUT2D eigenvalue weighted by Crippen LogP contribution is -2.46. The summed E-state index contributed by atoms with van der Waals surface area (Å²) >= 11 is 1.90. The number of carbonyl (C=O) groups is 2. The van der Waals surface area contributed by atoms with Crippen molar-refractivity contribution in [3.05, 3.63) is 30.3 Å². The van der Waals surface area contributed by atoms with Gasteiger partial charge in [-0.2, -0.15) is 11.8 Å². The van der Waals surface area contributed by atoms with E-state index in [9.17, 15) is 9.59 Å². The fraction of sp³-hybridized carbons (Fsp3) is 0.467. The molecule has 0 aromatic heterocycles. The van der Waals surface area contributed by atoms with Crippen LogP contribution in [0.2, 0.25) is 0 Å². The van der Waals surface area contributed by atoms with Gasteiger partial charge in [0.15, 0.2) is 0 Å². The Morgan fingerprint density at radius 2 is 1.90 bits per heavy atom. The largest absolute Gasteiger partial charge is 0.481 e. The van der Waals surface area contributed by atoms with E-state index in [0.717, 1.165) is 30.0 Å². The number of thioether (sulfide) groups is 1. The molecule has 0 unspecified atom stereocenters. The van der Waals surface area contributed by atoms with Gasteiger partial charge >= 0.3 is 12.0 Å². The molecule has 21 heavy (non-hydrogen) atoms. The highest BCUT2D eigenvalue weighted by Gasteiger charge is 2.21. The van der Waals surface area contributed by atoms with Gasteiger partial charge in [0.2, 0.25) is 0 Å². The van der Waals surface area contributed by atoms with Gasteiger partial charge in [0.05, 0.1) is 6.42 Å². The first kappa shape index (κ1) is 15.7. The molecule has 1 heterocycles. The van der Waals surface area contributed by atoms with Crippen molar-refractivity contribution in [1.82, 2.24) is 5.32 Å². The van der Waals surface area contributed by atoms with Gasteiger partial charge in [-0.15, -0.1) is 0 Å². The van der Waals surface area contributed by atoms with Crippen LogP contribution in [0.25, 0.3) is 0 Å². The van der Waals surface area contributed by atoms with Crippen LogP contribution in [0.3, 0.4) is 0 Å². The van der Waals surface area contributed by atoms with E-state index in [1.54, 1.807) is 0 Å². The SMILES string of the molecule is O=C(O)CCN(C(=O)NC1CCSCC1)c1ccccc1. The van der Waals surface area contributed by atoms with Crippen molar-refractivity contribution in [2.75, 3.05) is 23.0 Å². The van der Waals surface area contributed by atoms with E-state index in [0.29, 0.717) is 0 Å². The van der Waals surface area contributed by atoms with Gasteiger partial charge in [0.25, 0.3) is 0 Å². The Labute approximate surface area is 128 Å². The van der Waals surface area contributed by atoms with Crippen LogP contribution in [0.1, 0.15) is 19.3 Å². The molecule has 2 N–H and O–H groups in total. The number of hydrogen-bond acceptors (Lipinski definition) is 3. The van der Waals surface area contributed by atoms with E-state index in [-0.39, 0.29) is 25.0 Å². The van der Waals surface area contributed by atoms with E-state index >= 15 is 0 Å². The second-order valence-corrected chi connectivity index (χ2v) is 6.19. The average Bonchev–Trinajstić information content (AvgIpc) is 2.49. The van der Waals surface area contributed by atoms with Gasteiger partial charge in [-0.05, 0) is 36.5 Å². The number of carbonyl (C=O) groups excluding carboxylic acids is 1. The van der Waals surface area contributed by atoms with Crippen LogP contribution in [0.15, 0.2) is 30.3 Å². The number of aliphatic carboxylic acids is 1. The van der Waals surface area contributed by atoms with Crippen molar-refractivity contribution in [3.8, 4) is 0 Å². The Kier molecular flexibility index (Phi) is 5.92. The van der Waals surface area contributed by atoms with E-state index in [1.807, 2.05) is 42.1 Å². The van der Waals surface area contributed by atoms with Gasteiger partial charge in [-0.25, -0.2) is 4.79 Å². The molecule has 0 atom stereocenters. The number of para-hydroxylation sites is 1. The fourth-order valence-corrected chi connectivity index (χ4v) is 3.36. The molecule has 2 rings (SSSR count). The molecule has 1 aliphatic rings. The zero-order valence-corrected chi connectivity index (χ0v) is 12.6. The smallest absolute Gasteiger partial charge is 0.322 e. The summed E-state index contributed by atoms with van der Waals surface area (Å²) < 4.78 is 0. The quantitative estimate of drug-likeness (QED) is 0.877. The molecular formula is C15H20N2O3S. The standard InChI is InChI=1S/C15H20N2O3S/c18-14(19)6-9-17(13-4-2-1-3-5-13)15(20)16-12-7-10-21-11-8-12/h1-5,12H,6-11H2,(H,16,20)(H,18,19). The molecule has 0 saturated carbocycles. The maximum atomic E-state index is 12.4. The number of anilines is 1. The van der Waals surface area contributed by atoms with Crippen molar-refractivity contribution < 1.29 is 14.7 Å². The predicted octanol–water partition coefficient (Wildman–Crippen LogP) is 2.57. The number of benzene rings is 1. The highest BCUT2D eigenvalue weighted by molar-refractivity contribution is 7.99. The number of hydrogen-bond donors (Lipinski definition) is 2. The van der Waals surface area contributed by atoms with Gasteiger partial charge in [-0.1, -0.05) is 18.2 Å². The lowest BCUT2D eigenvalue weighted by Gasteiger charge is -2.28. The number of nitrogens with one attached hydrogen (secondary N) is 1. The summed E-state index contributed by atoms with van der Waals surface area (Å²) in [7, 11) is 0. The second-order valence-electron chi connectivity index (χ2n) is 4.97. The summed E-state index contributed by atoms with van der Waals surface area (Å²) in [5.41, 5.74) is 0.724. The maximum absolute atomic E-state index is 12.4. The minimum Gasteiger partial charge on any atom is -0.481 e. The van der Waals surface area contributed by atoms with E-state index in [4.69, 9.17) is 5.11 Å². The van der Waals surface area contributed by atoms with Crippen LogP contribution in [0, 0.1) is 0 Å². The highest BCUT2D eigenvalue weighted by Crippen LogP contribution is 2.19. The number of nitrogens with zero attached hydrogens (tertiary/aromatic N) is 1. The van der Waals surface area contributed by atoms with Crippen molar-refractivity contribution >= 4 is 29.4 Å². The topological polar surface area (TPSA) is 69.6 Å². The molecule has 114 valence electrons. The first-order chi connectivity index (χ1) is 10.2. The minimum atomic E-state index is -0.905. The summed E-state index contributed by atoms with van der Waals surface area (Å²) in [6, 6.07) is 9.17. The van der Waals surface area contributed by atoms with Gasteiger partial charge in [0, 0.05) is 18.3 Å². The monoisotopic (exact) mass is 308 g/mol. The molecular weight excluding hydrogens is 288 g/mol. The fourth-order valence-electron chi connectivity index (χ4n) is 2.26. The first-order valence-electron chi connectivity index (χ1n) is 7.09. The molecule has 1 saturated heterocycles. The lowest BCUT2D eigenvalue weighted by atomic mass is 10.1. The third-order valence-electron chi connectivity index (χ3n) is 3.41. The molecule has 0 bridgehead atoms. The van der Waals surface area contributed by atoms with Crippen LogP contribution in [-0.4, -0.2) is 41.2 Å². The van der Waals surface area contributed by atoms with Gasteiger partial charge in [0.1, 0.15) is 0 Å². The number of rotatable bonds is 5. The Bertz CT molecular complexity index is 475. The third kappa shape index (κ3) is 4.97. The molecule has 5 nitrogen and oxygen atoms in total. The van der Waals surface area contributed by atoms with E-state index in [2.05, 4.69) is 5.32 Å². The van der Waals surface area contributed by atoms with Crippen molar-refractivity contribution in [1.29, 1.82) is 0 Å². The van der Waals surface area contributed by atoms with E-state index < -0.39 is 5.97 Å². The normalized spacial score (nSPS) is 15.4. The van der Waals surface area contributed by atoms with Crippen LogP contribution in [-0.2, 0) is 4.79 Å². The van der Waals surface area contributed by atoms with Crippen molar-refractivity contribution in [2.24, 2.45) is 0 Å². The molecule has 1 aromatic rings. The third-order valence-corrected chi connectivity index (χ3v) is 4.46.